The van der Waals surface area contributed by atoms with Crippen LogP contribution in [0.1, 0.15) is 6.42 Å². The third-order valence-electron chi connectivity index (χ3n) is 1.70. The van der Waals surface area contributed by atoms with Crippen molar-refractivity contribution in [3.63, 3.8) is 0 Å². The molecule has 1 saturated heterocycles. The van der Waals surface area contributed by atoms with E-state index in [4.69, 9.17) is 15.9 Å². The summed E-state index contributed by atoms with van der Waals surface area (Å²) in [7, 11) is 0. The molecule has 1 heterocycles. The van der Waals surface area contributed by atoms with Gasteiger partial charge in [-0.1, -0.05) is 0 Å². The molecule has 1 rings (SSSR count). The Bertz CT molecular complexity index is 235. The summed E-state index contributed by atoms with van der Waals surface area (Å²) in [4.78, 5) is 10.2. The molecule has 0 aromatic carbocycles. The van der Waals surface area contributed by atoms with Crippen molar-refractivity contribution >= 4 is 18.0 Å². The predicted octanol–water partition coefficient (Wildman–Crippen LogP) is -0.253. The summed E-state index contributed by atoms with van der Waals surface area (Å²) < 4.78 is 20.6. The molecule has 0 N–H and O–H groups in total. The topological polar surface area (TPSA) is 52.6 Å². The van der Waals surface area contributed by atoms with Crippen molar-refractivity contribution in [3.8, 4) is 12.3 Å². The maximum atomic E-state index is 10.6. The van der Waals surface area contributed by atoms with Crippen molar-refractivity contribution in [2.75, 3.05) is 6.61 Å². The molecule has 3 atom stereocenters. The highest BCUT2D eigenvalue weighted by atomic mass is 32.1. The van der Waals surface area contributed by atoms with E-state index in [-0.39, 0.29) is 18.0 Å². The molecular weight excluding hydrogens is 192 g/mol. The number of terminal acetylenes is 1. The number of carbonyl (C=O) groups is 1. The van der Waals surface area contributed by atoms with E-state index in [9.17, 15) is 9.00 Å². The Morgan fingerprint density at radius 2 is 2.54 bits per heavy atom. The highest BCUT2D eigenvalue weighted by Gasteiger charge is 2.39. The lowest BCUT2D eigenvalue weighted by molar-refractivity contribution is -0.132. The molecule has 0 spiro atoms. The van der Waals surface area contributed by atoms with E-state index in [1.54, 1.807) is 0 Å². The summed E-state index contributed by atoms with van der Waals surface area (Å²) in [6.07, 6.45) is 4.75. The fourth-order valence-electron chi connectivity index (χ4n) is 1.05. The molecule has 1 fully saturated rings. The maximum absolute atomic E-state index is 10.6. The summed E-state index contributed by atoms with van der Waals surface area (Å²) >= 11 is 0.391. The molecule has 1 aliphatic rings. The molecule has 0 aliphatic carbocycles. The van der Waals surface area contributed by atoms with Crippen LogP contribution in [0.2, 0.25) is 0 Å². The average molecular weight is 201 g/mol. The minimum Gasteiger partial charge on any atom is -0.343 e. The summed E-state index contributed by atoms with van der Waals surface area (Å²) in [6, 6.07) is 0. The quantitative estimate of drug-likeness (QED) is 0.357. The van der Waals surface area contributed by atoms with Crippen LogP contribution in [0.15, 0.2) is 0 Å². The summed E-state index contributed by atoms with van der Waals surface area (Å²) in [5.74, 6) is 2.38. The summed E-state index contributed by atoms with van der Waals surface area (Å²) in [5, 5.41) is -0.338. The highest BCUT2D eigenvalue weighted by Crippen LogP contribution is 2.16. The zero-order valence-electron chi connectivity index (χ0n) is 6.84. The smallest absolute Gasteiger partial charge is 0.343 e. The van der Waals surface area contributed by atoms with Crippen LogP contribution in [-0.4, -0.2) is 30.5 Å². The van der Waals surface area contributed by atoms with Crippen LogP contribution in [0.4, 0.5) is 0 Å². The van der Waals surface area contributed by atoms with Gasteiger partial charge in [-0.05, 0) is 0 Å². The number of ether oxygens (including phenoxy) is 2. The average Bonchev–Trinajstić information content (AvgIpc) is 2.62. The fraction of sp³-hybridized carbons (Fsp3) is 0.625. The number of aldehydes is 1. The van der Waals surface area contributed by atoms with Gasteiger partial charge < -0.3 is 9.47 Å². The molecule has 1 aliphatic heterocycles. The zero-order valence-corrected chi connectivity index (χ0v) is 7.66. The maximum Gasteiger partial charge on any atom is 0.466 e. The van der Waals surface area contributed by atoms with Crippen molar-refractivity contribution in [1.82, 2.24) is 0 Å². The normalized spacial score (nSPS) is 29.2. The zero-order chi connectivity index (χ0) is 9.68. The fourth-order valence-corrected chi connectivity index (χ4v) is 1.48. The lowest BCUT2D eigenvalue weighted by Gasteiger charge is -2.04. The largest absolute Gasteiger partial charge is 0.466 e. The second-order valence-corrected chi connectivity index (χ2v) is 3.35. The first kappa shape index (κ1) is 10.3. The van der Waals surface area contributed by atoms with Crippen molar-refractivity contribution in [1.29, 1.82) is 0 Å². The molecule has 0 saturated carbocycles. The first-order chi connectivity index (χ1) is 6.31. The number of rotatable bonds is 4. The lowest BCUT2D eigenvalue weighted by atomic mass is 10.2. The SMILES string of the molecule is C#CCC([S+]=O)C1COC(C=O)O1. The van der Waals surface area contributed by atoms with Crippen molar-refractivity contribution in [3.05, 3.63) is 0 Å². The standard InChI is InChI=1S/C8H9O4S/c1-2-3-7(13-10)6-5-11-8(4-9)12-6/h1,4,6-8H,3,5H2/q+1. The molecule has 70 valence electrons. The number of carbonyl (C=O) groups excluding carboxylic acids is 1. The van der Waals surface area contributed by atoms with Crippen LogP contribution >= 0.6 is 0 Å². The van der Waals surface area contributed by atoms with Gasteiger partial charge in [-0.2, -0.15) is 0 Å². The van der Waals surface area contributed by atoms with Crippen LogP contribution in [0, 0.1) is 12.3 Å². The Morgan fingerprint density at radius 3 is 3.00 bits per heavy atom. The van der Waals surface area contributed by atoms with E-state index in [2.05, 4.69) is 5.92 Å². The Morgan fingerprint density at radius 1 is 1.77 bits per heavy atom. The molecule has 0 aromatic rings. The molecular formula is C8H9O4S+. The monoisotopic (exact) mass is 201 g/mol. The van der Waals surface area contributed by atoms with Crippen LogP contribution in [-0.2, 0) is 30.1 Å². The van der Waals surface area contributed by atoms with Crippen molar-refractivity contribution < 1.29 is 18.5 Å². The molecule has 4 nitrogen and oxygen atoms in total. The van der Waals surface area contributed by atoms with Gasteiger partial charge in [0.05, 0.1) is 13.0 Å². The highest BCUT2D eigenvalue weighted by molar-refractivity contribution is 7.66. The van der Waals surface area contributed by atoms with Crippen molar-refractivity contribution in [2.45, 2.75) is 24.1 Å². The van der Waals surface area contributed by atoms with Crippen LogP contribution in [0.25, 0.3) is 0 Å². The third-order valence-corrected chi connectivity index (χ3v) is 2.42. The molecule has 3 unspecified atom stereocenters. The summed E-state index contributed by atoms with van der Waals surface area (Å²) in [6.45, 7) is 0.255. The molecule has 0 radical (unpaired) electrons. The Kier molecular flexibility index (Phi) is 3.96. The molecule has 0 amide bonds. The van der Waals surface area contributed by atoms with Gasteiger partial charge >= 0.3 is 11.7 Å². The van der Waals surface area contributed by atoms with Crippen LogP contribution in [0.5, 0.6) is 0 Å². The molecule has 0 bridgehead atoms. The van der Waals surface area contributed by atoms with Gasteiger partial charge in [0.25, 0.3) is 5.25 Å². The van der Waals surface area contributed by atoms with Gasteiger partial charge in [0.2, 0.25) is 6.29 Å². The minimum atomic E-state index is -0.836. The van der Waals surface area contributed by atoms with E-state index < -0.39 is 6.29 Å². The summed E-state index contributed by atoms with van der Waals surface area (Å²) in [5.41, 5.74) is 0. The second-order valence-electron chi connectivity index (χ2n) is 2.56. The van der Waals surface area contributed by atoms with E-state index in [0.29, 0.717) is 24.4 Å². The molecule has 0 aromatic heterocycles. The predicted molar refractivity (Wildman–Crippen MR) is 46.0 cm³/mol. The first-order valence-electron chi connectivity index (χ1n) is 3.76. The van der Waals surface area contributed by atoms with Gasteiger partial charge in [-0.25, -0.2) is 0 Å². The Hall–Kier alpha value is -0.830. The Labute approximate surface area is 80.1 Å². The molecule has 5 heteroatoms. The van der Waals surface area contributed by atoms with Gasteiger partial charge in [0, 0.05) is 4.21 Å². The third kappa shape index (κ3) is 2.56. The van der Waals surface area contributed by atoms with Gasteiger partial charge in [-0.3, -0.25) is 4.79 Å². The minimum absolute atomic E-state index is 0.255. The number of hydrogen-bond acceptors (Lipinski definition) is 4. The number of hydrogen-bond donors (Lipinski definition) is 0. The van der Waals surface area contributed by atoms with Gasteiger partial charge in [-0.15, -0.1) is 12.3 Å². The van der Waals surface area contributed by atoms with Crippen LogP contribution < -0.4 is 0 Å². The van der Waals surface area contributed by atoms with E-state index in [1.807, 2.05) is 0 Å². The lowest BCUT2D eigenvalue weighted by Crippen LogP contribution is -2.27. The van der Waals surface area contributed by atoms with E-state index in [1.165, 1.54) is 0 Å². The van der Waals surface area contributed by atoms with Crippen LogP contribution in [0.3, 0.4) is 0 Å². The van der Waals surface area contributed by atoms with Crippen molar-refractivity contribution in [2.24, 2.45) is 0 Å². The van der Waals surface area contributed by atoms with Gasteiger partial charge in [0.1, 0.15) is 6.10 Å². The Balaban J connectivity index is 2.48. The van der Waals surface area contributed by atoms with Gasteiger partial charge in [0.15, 0.2) is 6.29 Å². The second kappa shape index (κ2) is 5.02. The van der Waals surface area contributed by atoms with E-state index >= 15 is 0 Å². The molecule has 13 heavy (non-hydrogen) atoms. The van der Waals surface area contributed by atoms with E-state index in [0.717, 1.165) is 0 Å². The first-order valence-corrected chi connectivity index (χ1v) is 4.56.